The lowest BCUT2D eigenvalue weighted by Gasteiger charge is -2.47. The molecule has 2 aliphatic carbocycles. The summed E-state index contributed by atoms with van der Waals surface area (Å²) in [6.45, 7) is 3.34. The molecular formula is C30H37FN4. The van der Waals surface area contributed by atoms with E-state index < -0.39 is 0 Å². The van der Waals surface area contributed by atoms with Gasteiger partial charge in [0.15, 0.2) is 11.6 Å². The summed E-state index contributed by atoms with van der Waals surface area (Å²) in [5.41, 5.74) is 3.60. The van der Waals surface area contributed by atoms with Crippen LogP contribution in [0.5, 0.6) is 0 Å². The molecule has 5 heteroatoms. The molecule has 1 aliphatic heterocycles. The van der Waals surface area contributed by atoms with Crippen molar-refractivity contribution >= 4 is 0 Å². The average Bonchev–Trinajstić information content (AvgIpc) is 3.20. The predicted octanol–water partition coefficient (Wildman–Crippen LogP) is 6.81. The molecule has 3 heterocycles. The monoisotopic (exact) mass is 472 g/mol. The van der Waals surface area contributed by atoms with Gasteiger partial charge < -0.3 is 9.47 Å². The lowest BCUT2D eigenvalue weighted by atomic mass is 9.71. The molecule has 2 aromatic heterocycles. The number of halogens is 1. The molecule has 3 fully saturated rings. The molecule has 1 saturated heterocycles. The summed E-state index contributed by atoms with van der Waals surface area (Å²) in [5, 5.41) is 0. The molecule has 1 aromatic carbocycles. The van der Waals surface area contributed by atoms with Crippen LogP contribution in [0.25, 0.3) is 11.5 Å². The van der Waals surface area contributed by atoms with Gasteiger partial charge in [-0.25, -0.2) is 14.4 Å². The van der Waals surface area contributed by atoms with Crippen molar-refractivity contribution in [3.63, 3.8) is 0 Å². The minimum Gasteiger partial charge on any atom is -0.325 e. The van der Waals surface area contributed by atoms with Crippen LogP contribution in [0.1, 0.15) is 81.3 Å². The van der Waals surface area contributed by atoms with Gasteiger partial charge in [-0.1, -0.05) is 37.1 Å². The van der Waals surface area contributed by atoms with E-state index >= 15 is 0 Å². The van der Waals surface area contributed by atoms with E-state index in [1.807, 2.05) is 10.8 Å². The number of benzene rings is 1. The van der Waals surface area contributed by atoms with Gasteiger partial charge in [0.2, 0.25) is 0 Å². The summed E-state index contributed by atoms with van der Waals surface area (Å²) in [7, 11) is 0. The first-order valence-corrected chi connectivity index (χ1v) is 13.6. The van der Waals surface area contributed by atoms with Gasteiger partial charge in [-0.05, 0) is 99.0 Å². The third-order valence-electron chi connectivity index (χ3n) is 9.22. The van der Waals surface area contributed by atoms with Crippen molar-refractivity contribution in [2.75, 3.05) is 13.1 Å². The molecule has 0 bridgehead atoms. The molecule has 0 radical (unpaired) electrons. The topological polar surface area (TPSA) is 34.0 Å². The van der Waals surface area contributed by atoms with E-state index in [0.29, 0.717) is 29.4 Å². The smallest absolute Gasteiger partial charge is 0.162 e. The molecule has 3 aromatic rings. The van der Waals surface area contributed by atoms with E-state index in [2.05, 4.69) is 39.1 Å². The largest absolute Gasteiger partial charge is 0.325 e. The zero-order valence-corrected chi connectivity index (χ0v) is 20.7. The Bertz CT molecular complexity index is 1130. The Hall–Kier alpha value is -2.53. The number of aromatic nitrogens is 3. The highest BCUT2D eigenvalue weighted by Crippen LogP contribution is 2.47. The van der Waals surface area contributed by atoms with E-state index in [1.165, 1.54) is 94.5 Å². The number of rotatable bonds is 5. The van der Waals surface area contributed by atoms with E-state index in [0.717, 1.165) is 6.04 Å². The van der Waals surface area contributed by atoms with E-state index in [4.69, 9.17) is 0 Å². The highest BCUT2D eigenvalue weighted by molar-refractivity contribution is 5.50. The van der Waals surface area contributed by atoms with Crippen LogP contribution in [-0.2, 0) is 6.54 Å². The molecule has 1 unspecified atom stereocenters. The van der Waals surface area contributed by atoms with Crippen LogP contribution in [0.2, 0.25) is 0 Å². The molecule has 35 heavy (non-hydrogen) atoms. The second-order valence-corrected chi connectivity index (χ2v) is 11.2. The van der Waals surface area contributed by atoms with Gasteiger partial charge >= 0.3 is 0 Å². The Labute approximate surface area is 208 Å². The minimum absolute atomic E-state index is 0.306. The second kappa shape index (κ2) is 9.85. The molecule has 1 spiro atoms. The van der Waals surface area contributed by atoms with Crippen LogP contribution in [0.15, 0.2) is 55.0 Å². The van der Waals surface area contributed by atoms with Crippen LogP contribution >= 0.6 is 0 Å². The summed E-state index contributed by atoms with van der Waals surface area (Å²) in [4.78, 5) is 11.4. The maximum Gasteiger partial charge on any atom is 0.162 e. The SMILES string of the molecule is Fc1cccnc1-c1nccn1Cc1ccc(C2CCCC3(CC2)CCN(C2CCC2)CC3)cc1. The molecule has 0 N–H and O–H groups in total. The molecule has 0 amide bonds. The van der Waals surface area contributed by atoms with Crippen LogP contribution < -0.4 is 0 Å². The van der Waals surface area contributed by atoms with Gasteiger partial charge in [-0.2, -0.15) is 0 Å². The van der Waals surface area contributed by atoms with Gasteiger partial charge in [0.1, 0.15) is 5.69 Å². The first-order valence-electron chi connectivity index (χ1n) is 13.6. The fourth-order valence-electron chi connectivity index (χ4n) is 6.72. The lowest BCUT2D eigenvalue weighted by molar-refractivity contribution is 0.0351. The highest BCUT2D eigenvalue weighted by Gasteiger charge is 2.38. The first-order chi connectivity index (χ1) is 17.2. The number of nitrogens with zero attached hydrogens (tertiary/aromatic N) is 4. The molecule has 1 atom stereocenters. The zero-order valence-electron chi connectivity index (χ0n) is 20.7. The Morgan fingerprint density at radius 1 is 0.857 bits per heavy atom. The summed E-state index contributed by atoms with van der Waals surface area (Å²) in [5.74, 6) is 0.916. The van der Waals surface area contributed by atoms with Crippen LogP contribution in [0.3, 0.4) is 0 Å². The van der Waals surface area contributed by atoms with Crippen molar-refractivity contribution in [1.29, 1.82) is 0 Å². The lowest BCUT2D eigenvalue weighted by Crippen LogP contribution is -2.47. The average molecular weight is 473 g/mol. The van der Waals surface area contributed by atoms with Crippen LogP contribution in [-0.4, -0.2) is 38.6 Å². The zero-order chi connectivity index (χ0) is 23.7. The van der Waals surface area contributed by atoms with E-state index in [9.17, 15) is 4.39 Å². The fourth-order valence-corrected chi connectivity index (χ4v) is 6.72. The van der Waals surface area contributed by atoms with Gasteiger partial charge in [0.05, 0.1) is 0 Å². The molecule has 6 rings (SSSR count). The van der Waals surface area contributed by atoms with Gasteiger partial charge in [-0.15, -0.1) is 0 Å². The number of piperidine rings is 1. The number of likely N-dealkylation sites (tertiary alicyclic amines) is 1. The van der Waals surface area contributed by atoms with Gasteiger partial charge in [-0.3, -0.25) is 0 Å². The number of hydrogen-bond donors (Lipinski definition) is 0. The van der Waals surface area contributed by atoms with Crippen molar-refractivity contribution in [2.24, 2.45) is 5.41 Å². The quantitative estimate of drug-likeness (QED) is 0.409. The molecule has 3 aliphatic rings. The molecular weight excluding hydrogens is 435 g/mol. The van der Waals surface area contributed by atoms with Crippen molar-refractivity contribution in [2.45, 2.75) is 82.7 Å². The molecule has 4 nitrogen and oxygen atoms in total. The fraction of sp³-hybridized carbons (Fsp3) is 0.533. The maximum absolute atomic E-state index is 14.3. The standard InChI is InChI=1S/C30H37FN4/c31-27-7-3-17-32-28(27)29-33-18-21-35(29)22-23-8-10-25(11-9-23)24-4-2-13-30(14-12-24)15-19-34(20-16-30)26-5-1-6-26/h3,7-11,17-18,21,24,26H,1-2,4-6,12-16,19-20,22H2. The van der Waals surface area contributed by atoms with Crippen LogP contribution in [0, 0.1) is 11.2 Å². The molecule has 184 valence electrons. The Kier molecular flexibility index (Phi) is 6.44. The maximum atomic E-state index is 14.3. The predicted molar refractivity (Wildman–Crippen MR) is 138 cm³/mol. The van der Waals surface area contributed by atoms with E-state index in [1.54, 1.807) is 18.5 Å². The van der Waals surface area contributed by atoms with Gasteiger partial charge in [0, 0.05) is 31.2 Å². The van der Waals surface area contributed by atoms with Gasteiger partial charge in [0.25, 0.3) is 0 Å². The van der Waals surface area contributed by atoms with Crippen molar-refractivity contribution in [1.82, 2.24) is 19.4 Å². The summed E-state index contributed by atoms with van der Waals surface area (Å²) in [6.07, 6.45) is 19.2. The normalized spacial score (nSPS) is 23.2. The number of hydrogen-bond acceptors (Lipinski definition) is 3. The van der Waals surface area contributed by atoms with E-state index in [-0.39, 0.29) is 5.82 Å². The Morgan fingerprint density at radius 2 is 1.69 bits per heavy atom. The Balaban J connectivity index is 1.08. The Morgan fingerprint density at radius 3 is 2.43 bits per heavy atom. The van der Waals surface area contributed by atoms with Crippen molar-refractivity contribution in [3.8, 4) is 11.5 Å². The number of imidazole rings is 1. The van der Waals surface area contributed by atoms with Crippen molar-refractivity contribution < 1.29 is 4.39 Å². The second-order valence-electron chi connectivity index (χ2n) is 11.2. The molecule has 2 saturated carbocycles. The number of pyridine rings is 1. The summed E-state index contributed by atoms with van der Waals surface area (Å²) < 4.78 is 16.2. The third-order valence-corrected chi connectivity index (χ3v) is 9.22. The highest BCUT2D eigenvalue weighted by atomic mass is 19.1. The first kappa shape index (κ1) is 22.9. The third kappa shape index (κ3) is 4.80. The van der Waals surface area contributed by atoms with Crippen LogP contribution in [0.4, 0.5) is 4.39 Å². The van der Waals surface area contributed by atoms with Crippen molar-refractivity contribution in [3.05, 3.63) is 71.9 Å². The minimum atomic E-state index is -0.338. The summed E-state index contributed by atoms with van der Waals surface area (Å²) in [6, 6.07) is 13.1. The summed E-state index contributed by atoms with van der Waals surface area (Å²) >= 11 is 0.